The molecule has 0 bridgehead atoms. The average Bonchev–Trinajstić information content (AvgIpc) is 3.33. The first-order valence-corrected chi connectivity index (χ1v) is 11.4. The van der Waals surface area contributed by atoms with Crippen molar-refractivity contribution in [3.63, 3.8) is 0 Å². The van der Waals surface area contributed by atoms with Crippen molar-refractivity contribution < 1.29 is 8.42 Å². The van der Waals surface area contributed by atoms with Crippen molar-refractivity contribution in [2.45, 2.75) is 5.16 Å². The monoisotopic (exact) mass is 421 g/mol. The van der Waals surface area contributed by atoms with Gasteiger partial charge in [-0.05, 0) is 35.7 Å². The highest BCUT2D eigenvalue weighted by Crippen LogP contribution is 2.38. The molecule has 0 aliphatic carbocycles. The van der Waals surface area contributed by atoms with Gasteiger partial charge >= 0.3 is 0 Å². The fourth-order valence-corrected chi connectivity index (χ4v) is 4.78. The standard InChI is InChI=1S/C20H15N5O2S2/c1-29(26,27)20-21-7-6-18(24-20)23-14-8-13-11-22-25-19(13)15(10-14)17-9-12-4-2-3-5-16(12)28-17/h2-11H,1H3,(H,22,25)(H,21,23,24). The van der Waals surface area contributed by atoms with Gasteiger partial charge in [-0.15, -0.1) is 11.3 Å². The van der Waals surface area contributed by atoms with Crippen LogP contribution in [0, 0.1) is 0 Å². The molecule has 5 aromatic rings. The number of benzene rings is 2. The molecule has 0 atom stereocenters. The number of thiophene rings is 1. The maximum atomic E-state index is 11.7. The number of aromatic nitrogens is 4. The van der Waals surface area contributed by atoms with Gasteiger partial charge in [-0.1, -0.05) is 18.2 Å². The molecule has 3 aromatic heterocycles. The molecule has 0 saturated heterocycles. The van der Waals surface area contributed by atoms with Gasteiger partial charge in [-0.3, -0.25) is 5.10 Å². The summed E-state index contributed by atoms with van der Waals surface area (Å²) in [7, 11) is -3.48. The average molecular weight is 422 g/mol. The Labute approximate surface area is 170 Å². The number of H-pyrrole nitrogens is 1. The molecule has 144 valence electrons. The van der Waals surface area contributed by atoms with Crippen molar-refractivity contribution in [1.82, 2.24) is 20.2 Å². The van der Waals surface area contributed by atoms with E-state index in [1.807, 2.05) is 24.3 Å². The second-order valence-electron chi connectivity index (χ2n) is 6.63. The van der Waals surface area contributed by atoms with Crippen molar-refractivity contribution >= 4 is 53.7 Å². The Morgan fingerprint density at radius 3 is 2.76 bits per heavy atom. The van der Waals surface area contributed by atoms with E-state index in [9.17, 15) is 8.42 Å². The molecule has 0 aliphatic heterocycles. The van der Waals surface area contributed by atoms with Gasteiger partial charge < -0.3 is 5.32 Å². The number of anilines is 2. The van der Waals surface area contributed by atoms with Crippen LogP contribution < -0.4 is 5.32 Å². The summed E-state index contributed by atoms with van der Waals surface area (Å²) in [6, 6.07) is 16.0. The topological polar surface area (TPSA) is 101 Å². The summed E-state index contributed by atoms with van der Waals surface area (Å²) in [6.07, 6.45) is 4.28. The van der Waals surface area contributed by atoms with Crippen molar-refractivity contribution in [1.29, 1.82) is 0 Å². The van der Waals surface area contributed by atoms with E-state index in [2.05, 4.69) is 43.7 Å². The molecule has 29 heavy (non-hydrogen) atoms. The quantitative estimate of drug-likeness (QED) is 0.418. The number of nitrogens with zero attached hydrogens (tertiary/aromatic N) is 3. The van der Waals surface area contributed by atoms with Gasteiger partial charge in [-0.2, -0.15) is 5.10 Å². The minimum absolute atomic E-state index is 0.211. The van der Waals surface area contributed by atoms with Crippen molar-refractivity contribution in [2.75, 3.05) is 11.6 Å². The Bertz CT molecular complexity index is 1440. The summed E-state index contributed by atoms with van der Waals surface area (Å²) in [5.74, 6) is 0.408. The number of rotatable bonds is 4. The smallest absolute Gasteiger partial charge is 0.248 e. The second kappa shape index (κ2) is 6.64. The summed E-state index contributed by atoms with van der Waals surface area (Å²) < 4.78 is 24.7. The van der Waals surface area contributed by atoms with Gasteiger partial charge in [0.15, 0.2) is 0 Å². The Balaban J connectivity index is 1.61. The van der Waals surface area contributed by atoms with Crippen molar-refractivity contribution in [3.8, 4) is 10.4 Å². The Hall–Kier alpha value is -3.30. The Kier molecular flexibility index (Phi) is 4.07. The lowest BCUT2D eigenvalue weighted by Crippen LogP contribution is -2.05. The van der Waals surface area contributed by atoms with Crippen LogP contribution in [0.3, 0.4) is 0 Å². The predicted octanol–water partition coefficient (Wildman–Crippen LogP) is 4.38. The summed E-state index contributed by atoms with van der Waals surface area (Å²) in [5.41, 5.74) is 2.74. The zero-order valence-electron chi connectivity index (χ0n) is 15.2. The van der Waals surface area contributed by atoms with E-state index in [1.54, 1.807) is 23.6 Å². The molecule has 0 aliphatic rings. The predicted molar refractivity (Wildman–Crippen MR) is 115 cm³/mol. The first-order valence-electron chi connectivity index (χ1n) is 8.73. The number of hydrogen-bond acceptors (Lipinski definition) is 7. The third kappa shape index (κ3) is 3.34. The molecular formula is C20H15N5O2S2. The molecule has 2 N–H and O–H groups in total. The fraction of sp³-hybridized carbons (Fsp3) is 0.0500. The van der Waals surface area contributed by atoms with Gasteiger partial charge in [0, 0.05) is 38.7 Å². The summed E-state index contributed by atoms with van der Waals surface area (Å²) in [6.45, 7) is 0. The van der Waals surface area contributed by atoms with Crippen LogP contribution in [0.1, 0.15) is 0 Å². The minimum Gasteiger partial charge on any atom is -0.340 e. The van der Waals surface area contributed by atoms with Crippen LogP contribution in [0.25, 0.3) is 31.4 Å². The number of sulfone groups is 1. The van der Waals surface area contributed by atoms with Gasteiger partial charge in [-0.25, -0.2) is 18.4 Å². The normalized spacial score (nSPS) is 11.9. The highest BCUT2D eigenvalue weighted by molar-refractivity contribution is 7.90. The van der Waals surface area contributed by atoms with E-state index >= 15 is 0 Å². The lowest BCUT2D eigenvalue weighted by atomic mass is 10.1. The van der Waals surface area contributed by atoms with Crippen LogP contribution in [-0.4, -0.2) is 34.8 Å². The van der Waals surface area contributed by atoms with Crippen LogP contribution in [-0.2, 0) is 9.84 Å². The molecule has 0 amide bonds. The minimum atomic E-state index is -3.48. The van der Waals surface area contributed by atoms with Crippen LogP contribution in [0.2, 0.25) is 0 Å². The first-order chi connectivity index (χ1) is 14.0. The first kappa shape index (κ1) is 17.8. The Morgan fingerprint density at radius 2 is 1.93 bits per heavy atom. The van der Waals surface area contributed by atoms with E-state index in [1.165, 1.54) is 16.3 Å². The number of hydrogen-bond donors (Lipinski definition) is 2. The molecule has 0 saturated carbocycles. The summed E-state index contributed by atoms with van der Waals surface area (Å²) in [5, 5.41) is 12.4. The molecule has 9 heteroatoms. The highest BCUT2D eigenvalue weighted by Gasteiger charge is 2.14. The van der Waals surface area contributed by atoms with Crippen LogP contribution in [0.4, 0.5) is 11.5 Å². The highest BCUT2D eigenvalue weighted by atomic mass is 32.2. The molecule has 0 unspecified atom stereocenters. The third-order valence-electron chi connectivity index (χ3n) is 4.48. The van der Waals surface area contributed by atoms with Gasteiger partial charge in [0.25, 0.3) is 0 Å². The van der Waals surface area contributed by atoms with E-state index < -0.39 is 9.84 Å². The van der Waals surface area contributed by atoms with E-state index in [0.29, 0.717) is 5.82 Å². The molecule has 0 radical (unpaired) electrons. The van der Waals surface area contributed by atoms with Crippen LogP contribution in [0.5, 0.6) is 0 Å². The molecule has 7 nitrogen and oxygen atoms in total. The number of aromatic amines is 1. The molecule has 5 rings (SSSR count). The molecule has 3 heterocycles. The maximum Gasteiger partial charge on any atom is 0.248 e. The van der Waals surface area contributed by atoms with Gasteiger partial charge in [0.1, 0.15) is 5.82 Å². The van der Waals surface area contributed by atoms with Crippen LogP contribution >= 0.6 is 11.3 Å². The SMILES string of the molecule is CS(=O)(=O)c1nccc(Nc2cc(-c3cc4ccccc4s3)c3[nH]ncc3c2)n1. The lowest BCUT2D eigenvalue weighted by molar-refractivity contribution is 0.593. The van der Waals surface area contributed by atoms with Crippen molar-refractivity contribution in [3.05, 3.63) is 60.9 Å². The second-order valence-corrected chi connectivity index (χ2v) is 9.62. The van der Waals surface area contributed by atoms with E-state index in [4.69, 9.17) is 0 Å². The summed E-state index contributed by atoms with van der Waals surface area (Å²) >= 11 is 1.71. The molecule has 2 aromatic carbocycles. The number of fused-ring (bicyclic) bond motifs is 2. The maximum absolute atomic E-state index is 11.7. The van der Waals surface area contributed by atoms with E-state index in [-0.39, 0.29) is 5.16 Å². The fourth-order valence-electron chi connectivity index (χ4n) is 3.18. The lowest BCUT2D eigenvalue weighted by Gasteiger charge is -2.09. The number of nitrogens with one attached hydrogen (secondary N) is 2. The van der Waals surface area contributed by atoms with E-state index in [0.717, 1.165) is 33.3 Å². The molecular weight excluding hydrogens is 406 g/mol. The molecule has 0 fully saturated rings. The zero-order valence-corrected chi connectivity index (χ0v) is 16.9. The van der Waals surface area contributed by atoms with Gasteiger partial charge in [0.2, 0.25) is 15.0 Å². The zero-order chi connectivity index (χ0) is 20.0. The Morgan fingerprint density at radius 1 is 1.07 bits per heavy atom. The van der Waals surface area contributed by atoms with Gasteiger partial charge in [0.05, 0.1) is 11.7 Å². The molecule has 0 spiro atoms. The van der Waals surface area contributed by atoms with Crippen molar-refractivity contribution in [2.24, 2.45) is 0 Å². The third-order valence-corrected chi connectivity index (χ3v) is 6.49. The largest absolute Gasteiger partial charge is 0.340 e. The van der Waals surface area contributed by atoms with Crippen LogP contribution in [0.15, 0.2) is 66.1 Å². The summed E-state index contributed by atoms with van der Waals surface area (Å²) in [4.78, 5) is 9.06.